The van der Waals surface area contributed by atoms with Crippen molar-refractivity contribution in [3.8, 4) is 5.75 Å². The van der Waals surface area contributed by atoms with E-state index in [1.807, 2.05) is 37.2 Å². The first-order valence-corrected chi connectivity index (χ1v) is 11.6. The average molecular weight is 474 g/mol. The zero-order valence-electron chi connectivity index (χ0n) is 19.9. The van der Waals surface area contributed by atoms with Crippen LogP contribution in [-0.2, 0) is 0 Å². The monoisotopic (exact) mass is 473 g/mol. The number of carboxylic acid groups (broad SMARTS) is 1. The number of fused-ring (bicyclic) bond motifs is 2. The maximum atomic E-state index is 13.1. The van der Waals surface area contributed by atoms with E-state index in [1.165, 1.54) is 0 Å². The fourth-order valence-electron chi connectivity index (χ4n) is 4.67. The fraction of sp³-hybridized carbons (Fsp3) is 0.308. The Morgan fingerprint density at radius 2 is 1.83 bits per heavy atom. The van der Waals surface area contributed by atoms with Crippen LogP contribution in [0.3, 0.4) is 0 Å². The number of aromatic nitrogens is 2. The topological polar surface area (TPSA) is 99.1 Å². The van der Waals surface area contributed by atoms with Gasteiger partial charge in [-0.25, -0.2) is 9.78 Å². The predicted octanol–water partition coefficient (Wildman–Crippen LogP) is 4.62. The third kappa shape index (κ3) is 4.03. The number of amides is 1. The molecule has 0 spiro atoms. The van der Waals surface area contributed by atoms with Crippen LogP contribution in [0, 0.1) is 0 Å². The normalized spacial score (nSPS) is 15.5. The molecular formula is C26H27N5O4. The van der Waals surface area contributed by atoms with E-state index in [2.05, 4.69) is 4.98 Å². The van der Waals surface area contributed by atoms with E-state index >= 15 is 0 Å². The first-order chi connectivity index (χ1) is 16.8. The molecule has 1 fully saturated rings. The molecular weight excluding hydrogens is 446 g/mol. The van der Waals surface area contributed by atoms with Crippen molar-refractivity contribution in [2.75, 3.05) is 35.8 Å². The van der Waals surface area contributed by atoms with Crippen LogP contribution in [0.25, 0.3) is 0 Å². The number of hydrogen-bond donors (Lipinski definition) is 1. The van der Waals surface area contributed by atoms with Crippen molar-refractivity contribution in [1.82, 2.24) is 9.97 Å². The molecule has 0 bridgehead atoms. The van der Waals surface area contributed by atoms with Gasteiger partial charge in [-0.1, -0.05) is 12.1 Å². The minimum absolute atomic E-state index is 0.0569. The molecule has 0 saturated heterocycles. The largest absolute Gasteiger partial charge is 0.488 e. The number of hydrogen-bond acceptors (Lipinski definition) is 7. The molecule has 5 rings (SSSR count). The van der Waals surface area contributed by atoms with Crippen molar-refractivity contribution in [2.45, 2.75) is 31.8 Å². The SMILES string of the molecule is CN1C(=O)c2ccccc2N(C)c2nc(N(C)c3ccc(C(=O)O)cc3OC3CCCC3)ncc21. The quantitative estimate of drug-likeness (QED) is 0.573. The fourth-order valence-corrected chi connectivity index (χ4v) is 4.67. The number of rotatable bonds is 5. The summed E-state index contributed by atoms with van der Waals surface area (Å²) < 4.78 is 6.25. The second-order valence-electron chi connectivity index (χ2n) is 8.89. The number of carbonyl (C=O) groups is 2. The van der Waals surface area contributed by atoms with Crippen LogP contribution >= 0.6 is 0 Å². The molecule has 1 N–H and O–H groups in total. The van der Waals surface area contributed by atoms with E-state index < -0.39 is 5.97 Å². The van der Waals surface area contributed by atoms with E-state index in [9.17, 15) is 14.7 Å². The third-order valence-corrected chi connectivity index (χ3v) is 6.68. The molecule has 1 aliphatic heterocycles. The minimum Gasteiger partial charge on any atom is -0.488 e. The average Bonchev–Trinajstić information content (AvgIpc) is 3.37. The van der Waals surface area contributed by atoms with Crippen molar-refractivity contribution in [3.05, 3.63) is 59.8 Å². The van der Waals surface area contributed by atoms with Gasteiger partial charge in [-0.15, -0.1) is 0 Å². The lowest BCUT2D eigenvalue weighted by molar-refractivity contribution is 0.0695. The van der Waals surface area contributed by atoms with Crippen molar-refractivity contribution in [2.24, 2.45) is 0 Å². The van der Waals surface area contributed by atoms with E-state index in [0.717, 1.165) is 31.4 Å². The maximum Gasteiger partial charge on any atom is 0.335 e. The van der Waals surface area contributed by atoms with Gasteiger partial charge in [-0.3, -0.25) is 4.79 Å². The Kier molecular flexibility index (Phi) is 5.76. The van der Waals surface area contributed by atoms with Crippen LogP contribution in [0.5, 0.6) is 5.75 Å². The number of nitrogens with zero attached hydrogens (tertiary/aromatic N) is 5. The lowest BCUT2D eigenvalue weighted by Gasteiger charge is -2.26. The van der Waals surface area contributed by atoms with E-state index in [1.54, 1.807) is 47.3 Å². The molecule has 0 atom stereocenters. The minimum atomic E-state index is -1.01. The summed E-state index contributed by atoms with van der Waals surface area (Å²) in [7, 11) is 5.40. The molecule has 3 aromatic rings. The van der Waals surface area contributed by atoms with Gasteiger partial charge in [0.2, 0.25) is 5.95 Å². The van der Waals surface area contributed by atoms with Crippen molar-refractivity contribution in [3.63, 3.8) is 0 Å². The predicted molar refractivity (Wildman–Crippen MR) is 134 cm³/mol. The van der Waals surface area contributed by atoms with Gasteiger partial charge in [0, 0.05) is 21.1 Å². The summed E-state index contributed by atoms with van der Waals surface area (Å²) in [6, 6.07) is 12.2. The number of benzene rings is 2. The Labute approximate surface area is 203 Å². The molecule has 9 heteroatoms. The molecule has 0 radical (unpaired) electrons. The van der Waals surface area contributed by atoms with E-state index in [0.29, 0.717) is 34.5 Å². The number of carboxylic acids is 1. The maximum absolute atomic E-state index is 13.1. The molecule has 2 aromatic carbocycles. The summed E-state index contributed by atoms with van der Waals surface area (Å²) in [5.41, 5.74) is 2.76. The number of ether oxygens (including phenoxy) is 1. The smallest absolute Gasteiger partial charge is 0.335 e. The molecule has 1 amide bonds. The molecule has 9 nitrogen and oxygen atoms in total. The van der Waals surface area contributed by atoms with Crippen LogP contribution in [0.15, 0.2) is 48.7 Å². The highest BCUT2D eigenvalue weighted by atomic mass is 16.5. The molecule has 2 aliphatic rings. The second-order valence-corrected chi connectivity index (χ2v) is 8.89. The molecule has 1 aliphatic carbocycles. The standard InChI is InChI=1S/C26H27N5O4/c1-29-19-11-7-6-10-18(19)24(32)30(2)21-15-27-26(28-23(21)29)31(3)20-13-12-16(25(33)34)14-22(20)35-17-8-4-5-9-17/h6-7,10-15,17H,4-5,8-9H2,1-3H3,(H,33,34). The van der Waals surface area contributed by atoms with Gasteiger partial charge in [-0.2, -0.15) is 4.98 Å². The van der Waals surface area contributed by atoms with Gasteiger partial charge in [-0.05, 0) is 56.0 Å². The molecule has 0 unspecified atom stereocenters. The highest BCUT2D eigenvalue weighted by Gasteiger charge is 2.30. The first kappa shape index (κ1) is 22.6. The molecule has 2 heterocycles. The third-order valence-electron chi connectivity index (χ3n) is 6.68. The van der Waals surface area contributed by atoms with Crippen LogP contribution < -0.4 is 19.4 Å². The summed E-state index contributed by atoms with van der Waals surface area (Å²) in [5, 5.41) is 9.50. The second kappa shape index (κ2) is 8.90. The van der Waals surface area contributed by atoms with E-state index in [4.69, 9.17) is 9.72 Å². The van der Waals surface area contributed by atoms with Gasteiger partial charge >= 0.3 is 5.97 Å². The van der Waals surface area contributed by atoms with Crippen molar-refractivity contribution >= 4 is 40.7 Å². The van der Waals surface area contributed by atoms with Gasteiger partial charge in [0.25, 0.3) is 5.91 Å². The summed E-state index contributed by atoms with van der Waals surface area (Å²) >= 11 is 0. The number of carbonyl (C=O) groups excluding carboxylic acids is 1. The molecule has 35 heavy (non-hydrogen) atoms. The van der Waals surface area contributed by atoms with Crippen molar-refractivity contribution < 1.29 is 19.4 Å². The number of para-hydroxylation sites is 1. The Morgan fingerprint density at radius 1 is 1.09 bits per heavy atom. The first-order valence-electron chi connectivity index (χ1n) is 11.6. The van der Waals surface area contributed by atoms with Crippen LogP contribution in [-0.4, -0.2) is 54.2 Å². The number of aromatic carboxylic acids is 1. The van der Waals surface area contributed by atoms with Gasteiger partial charge in [0.15, 0.2) is 5.82 Å². The Hall–Kier alpha value is -4.14. The summed E-state index contributed by atoms with van der Waals surface area (Å²) in [6.07, 6.45) is 5.78. The van der Waals surface area contributed by atoms with Crippen LogP contribution in [0.1, 0.15) is 46.4 Å². The highest BCUT2D eigenvalue weighted by molar-refractivity contribution is 6.13. The van der Waals surface area contributed by atoms with E-state index in [-0.39, 0.29) is 17.6 Å². The lowest BCUT2D eigenvalue weighted by atomic mass is 10.1. The molecule has 180 valence electrons. The van der Waals surface area contributed by atoms with Crippen LogP contribution in [0.2, 0.25) is 0 Å². The Morgan fingerprint density at radius 3 is 2.57 bits per heavy atom. The Balaban J connectivity index is 1.56. The van der Waals surface area contributed by atoms with Crippen molar-refractivity contribution in [1.29, 1.82) is 0 Å². The zero-order chi connectivity index (χ0) is 24.7. The van der Waals surface area contributed by atoms with Gasteiger partial charge < -0.3 is 24.5 Å². The zero-order valence-corrected chi connectivity index (χ0v) is 19.9. The van der Waals surface area contributed by atoms with Crippen LogP contribution in [0.4, 0.5) is 28.8 Å². The number of anilines is 5. The molecule has 1 saturated carbocycles. The summed E-state index contributed by atoms with van der Waals surface area (Å²) in [5.74, 6) is 0.333. The molecule has 1 aromatic heterocycles. The van der Waals surface area contributed by atoms with Gasteiger partial charge in [0.1, 0.15) is 11.4 Å². The Bertz CT molecular complexity index is 1300. The summed E-state index contributed by atoms with van der Waals surface area (Å²) in [6.45, 7) is 0. The lowest BCUT2D eigenvalue weighted by Crippen LogP contribution is -2.26. The van der Waals surface area contributed by atoms with Gasteiger partial charge in [0.05, 0.1) is 34.8 Å². The highest BCUT2D eigenvalue weighted by Crippen LogP contribution is 2.40. The summed E-state index contributed by atoms with van der Waals surface area (Å²) in [4.78, 5) is 39.2.